The maximum atomic E-state index is 8.70. The van der Waals surface area contributed by atoms with Crippen LogP contribution in [0.2, 0.25) is 0 Å². The first kappa shape index (κ1) is 11.4. The third-order valence-electron chi connectivity index (χ3n) is 2.54. The van der Waals surface area contributed by atoms with Crippen molar-refractivity contribution in [3.63, 3.8) is 0 Å². The summed E-state index contributed by atoms with van der Waals surface area (Å²) in [7, 11) is 0. The van der Waals surface area contributed by atoms with E-state index in [4.69, 9.17) is 11.0 Å². The number of aromatic nitrogens is 2. The van der Waals surface area contributed by atoms with E-state index in [9.17, 15) is 0 Å². The summed E-state index contributed by atoms with van der Waals surface area (Å²) in [5.41, 5.74) is 8.33. The number of hydrogen-bond acceptors (Lipinski definition) is 3. The van der Waals surface area contributed by atoms with Gasteiger partial charge in [0.1, 0.15) is 0 Å². The highest BCUT2D eigenvalue weighted by molar-refractivity contribution is 5.31. The molecule has 2 aromatic rings. The van der Waals surface area contributed by atoms with Crippen LogP contribution in [0.1, 0.15) is 16.8 Å². The summed E-state index contributed by atoms with van der Waals surface area (Å²) in [6.07, 6.45) is 4.62. The molecule has 1 aromatic heterocycles. The highest BCUT2D eigenvalue weighted by Gasteiger charge is 1.99. The van der Waals surface area contributed by atoms with Crippen LogP contribution in [-0.2, 0) is 13.0 Å². The maximum Gasteiger partial charge on any atom is 0.0991 e. The van der Waals surface area contributed by atoms with E-state index in [-0.39, 0.29) is 0 Å². The molecular formula is C13H14N4. The highest BCUT2D eigenvalue weighted by Crippen LogP contribution is 2.06. The molecule has 17 heavy (non-hydrogen) atoms. The first-order chi connectivity index (χ1) is 8.31. The lowest BCUT2D eigenvalue weighted by molar-refractivity contribution is 0.795. The quantitative estimate of drug-likeness (QED) is 0.854. The Balaban J connectivity index is 2.06. The van der Waals surface area contributed by atoms with Crippen molar-refractivity contribution < 1.29 is 0 Å². The summed E-state index contributed by atoms with van der Waals surface area (Å²) in [4.78, 5) is 4.27. The summed E-state index contributed by atoms with van der Waals surface area (Å²) < 4.78 is 2.02. The van der Waals surface area contributed by atoms with E-state index in [1.807, 2.05) is 41.4 Å². The third kappa shape index (κ3) is 2.92. The Morgan fingerprint density at radius 1 is 1.29 bits per heavy atom. The molecule has 2 rings (SSSR count). The molecule has 0 spiro atoms. The van der Waals surface area contributed by atoms with Crippen LogP contribution in [0.15, 0.2) is 36.8 Å². The zero-order chi connectivity index (χ0) is 12.1. The predicted molar refractivity (Wildman–Crippen MR) is 65.2 cm³/mol. The Hall–Kier alpha value is -2.12. The number of hydrogen-bond donors (Lipinski definition) is 1. The van der Waals surface area contributed by atoms with Crippen molar-refractivity contribution in [3.05, 3.63) is 53.6 Å². The van der Waals surface area contributed by atoms with Gasteiger partial charge in [-0.3, -0.25) is 0 Å². The molecular weight excluding hydrogens is 212 g/mol. The van der Waals surface area contributed by atoms with E-state index >= 15 is 0 Å². The second kappa shape index (κ2) is 5.28. The molecule has 0 radical (unpaired) electrons. The minimum atomic E-state index is 0.619. The lowest BCUT2D eigenvalue weighted by atomic mass is 10.1. The van der Waals surface area contributed by atoms with Crippen LogP contribution in [0.25, 0.3) is 0 Å². The lowest BCUT2D eigenvalue weighted by Gasteiger charge is -2.02. The van der Waals surface area contributed by atoms with Gasteiger partial charge in [-0.05, 0) is 24.2 Å². The molecule has 0 bridgehead atoms. The molecule has 0 aliphatic heterocycles. The first-order valence-electron chi connectivity index (χ1n) is 5.51. The van der Waals surface area contributed by atoms with E-state index in [0.29, 0.717) is 12.1 Å². The van der Waals surface area contributed by atoms with Crippen molar-refractivity contribution in [2.45, 2.75) is 13.0 Å². The van der Waals surface area contributed by atoms with Gasteiger partial charge in [-0.25, -0.2) is 4.98 Å². The van der Waals surface area contributed by atoms with E-state index < -0.39 is 0 Å². The predicted octanol–water partition coefficient (Wildman–Crippen LogP) is 1.30. The van der Waals surface area contributed by atoms with E-state index in [0.717, 1.165) is 24.2 Å². The molecule has 0 unspecified atom stereocenters. The summed E-state index contributed by atoms with van der Waals surface area (Å²) in [6, 6.07) is 9.68. The fraction of sp³-hybridized carbons (Fsp3) is 0.231. The second-order valence-electron chi connectivity index (χ2n) is 3.88. The average Bonchev–Trinajstić information content (AvgIpc) is 2.78. The Kier molecular flexibility index (Phi) is 3.53. The van der Waals surface area contributed by atoms with Crippen LogP contribution < -0.4 is 5.73 Å². The number of nitrogens with zero attached hydrogens (tertiary/aromatic N) is 3. The molecule has 0 saturated heterocycles. The molecule has 86 valence electrons. The minimum absolute atomic E-state index is 0.619. The van der Waals surface area contributed by atoms with Gasteiger partial charge < -0.3 is 10.3 Å². The molecule has 0 aliphatic carbocycles. The van der Waals surface area contributed by atoms with Gasteiger partial charge in [-0.2, -0.15) is 5.26 Å². The normalized spacial score (nSPS) is 10.1. The van der Waals surface area contributed by atoms with Crippen molar-refractivity contribution in [2.75, 3.05) is 6.54 Å². The molecule has 0 amide bonds. The van der Waals surface area contributed by atoms with E-state index in [2.05, 4.69) is 11.1 Å². The smallest absolute Gasteiger partial charge is 0.0991 e. The summed E-state index contributed by atoms with van der Waals surface area (Å²) in [5.74, 6) is 0. The number of benzene rings is 1. The molecule has 0 aliphatic rings. The van der Waals surface area contributed by atoms with Crippen molar-refractivity contribution in [3.8, 4) is 6.07 Å². The molecule has 4 heteroatoms. The van der Waals surface area contributed by atoms with Crippen LogP contribution in [0.5, 0.6) is 0 Å². The van der Waals surface area contributed by atoms with Crippen LogP contribution >= 0.6 is 0 Å². The van der Waals surface area contributed by atoms with Gasteiger partial charge in [0.05, 0.1) is 23.7 Å². The topological polar surface area (TPSA) is 67.6 Å². The number of nitrogens with two attached hydrogens (primary N) is 1. The molecule has 0 atom stereocenters. The molecule has 0 fully saturated rings. The van der Waals surface area contributed by atoms with Crippen molar-refractivity contribution in [1.82, 2.24) is 9.55 Å². The highest BCUT2D eigenvalue weighted by atomic mass is 15.0. The molecule has 4 nitrogen and oxygen atoms in total. The van der Waals surface area contributed by atoms with Crippen LogP contribution in [0.3, 0.4) is 0 Å². The first-order valence-corrected chi connectivity index (χ1v) is 5.51. The Labute approximate surface area is 100 Å². The molecule has 1 aromatic carbocycles. The van der Waals surface area contributed by atoms with Crippen molar-refractivity contribution >= 4 is 0 Å². The lowest BCUT2D eigenvalue weighted by Crippen LogP contribution is -2.02. The summed E-state index contributed by atoms with van der Waals surface area (Å²) in [5, 5.41) is 8.70. The Bertz CT molecular complexity index is 519. The van der Waals surface area contributed by atoms with Crippen molar-refractivity contribution in [1.29, 1.82) is 5.26 Å². The van der Waals surface area contributed by atoms with E-state index in [1.54, 1.807) is 0 Å². The number of rotatable bonds is 4. The molecule has 2 N–H and O–H groups in total. The number of imidazole rings is 1. The Morgan fingerprint density at radius 3 is 2.71 bits per heavy atom. The minimum Gasteiger partial charge on any atom is -0.333 e. The van der Waals surface area contributed by atoms with Crippen LogP contribution in [-0.4, -0.2) is 16.1 Å². The Morgan fingerprint density at radius 2 is 2.06 bits per heavy atom. The van der Waals surface area contributed by atoms with Gasteiger partial charge in [0.25, 0.3) is 0 Å². The second-order valence-corrected chi connectivity index (χ2v) is 3.88. The van der Waals surface area contributed by atoms with E-state index in [1.165, 1.54) is 0 Å². The number of nitriles is 1. The average molecular weight is 226 g/mol. The largest absolute Gasteiger partial charge is 0.333 e. The standard InChI is InChI=1S/C13H14N4/c14-6-5-13-9-17(10-16-13)8-12-3-1-11(7-15)2-4-12/h1-4,9-10H,5-6,8,14H2. The van der Waals surface area contributed by atoms with Gasteiger partial charge in [-0.1, -0.05) is 12.1 Å². The zero-order valence-corrected chi connectivity index (χ0v) is 9.50. The van der Waals surface area contributed by atoms with Gasteiger partial charge in [0, 0.05) is 19.2 Å². The molecule has 1 heterocycles. The monoisotopic (exact) mass is 226 g/mol. The van der Waals surface area contributed by atoms with Gasteiger partial charge in [0.15, 0.2) is 0 Å². The third-order valence-corrected chi connectivity index (χ3v) is 2.54. The summed E-state index contributed by atoms with van der Waals surface area (Å²) in [6.45, 7) is 1.39. The maximum absolute atomic E-state index is 8.70. The summed E-state index contributed by atoms with van der Waals surface area (Å²) >= 11 is 0. The zero-order valence-electron chi connectivity index (χ0n) is 9.50. The van der Waals surface area contributed by atoms with Crippen LogP contribution in [0, 0.1) is 11.3 Å². The van der Waals surface area contributed by atoms with Crippen molar-refractivity contribution in [2.24, 2.45) is 5.73 Å². The van der Waals surface area contributed by atoms with Gasteiger partial charge in [0.2, 0.25) is 0 Å². The van der Waals surface area contributed by atoms with Crippen LogP contribution in [0.4, 0.5) is 0 Å². The fourth-order valence-corrected chi connectivity index (χ4v) is 1.67. The SMILES string of the molecule is N#Cc1ccc(Cn2cnc(CCN)c2)cc1. The van der Waals surface area contributed by atoms with Gasteiger partial charge in [-0.15, -0.1) is 0 Å². The molecule has 0 saturated carbocycles. The fourth-order valence-electron chi connectivity index (χ4n) is 1.67. The van der Waals surface area contributed by atoms with Gasteiger partial charge >= 0.3 is 0 Å².